The smallest absolute Gasteiger partial charge is 0.274 e. The third kappa shape index (κ3) is 4.21. The minimum Gasteiger partial charge on any atom is -0.497 e. The van der Waals surface area contributed by atoms with E-state index in [1.165, 1.54) is 0 Å². The summed E-state index contributed by atoms with van der Waals surface area (Å²) in [5, 5.41) is 6.02. The van der Waals surface area contributed by atoms with Crippen molar-refractivity contribution in [3.63, 3.8) is 0 Å². The van der Waals surface area contributed by atoms with Crippen LogP contribution >= 0.6 is 0 Å². The number of hydrogen-bond donors (Lipinski definition) is 2. The summed E-state index contributed by atoms with van der Waals surface area (Å²) in [6.45, 7) is 4.09. The molecule has 2 aromatic rings. The molecule has 0 spiro atoms. The van der Waals surface area contributed by atoms with Crippen molar-refractivity contribution in [2.24, 2.45) is 0 Å². The van der Waals surface area contributed by atoms with E-state index < -0.39 is 0 Å². The molecule has 0 aliphatic carbocycles. The number of methoxy groups -OCH3 is 1. The molecule has 0 aliphatic heterocycles. The number of carbonyl (C=O) groups excluding carboxylic acids is 1. The molecular weight excluding hydrogens is 266 g/mol. The van der Waals surface area contributed by atoms with Gasteiger partial charge < -0.3 is 15.4 Å². The summed E-state index contributed by atoms with van der Waals surface area (Å²) in [4.78, 5) is 16.2. The van der Waals surface area contributed by atoms with Crippen molar-refractivity contribution in [2.45, 2.75) is 19.9 Å². The van der Waals surface area contributed by atoms with Crippen LogP contribution in [0.5, 0.6) is 5.75 Å². The predicted molar refractivity (Wildman–Crippen MR) is 83.9 cm³/mol. The van der Waals surface area contributed by atoms with E-state index in [0.29, 0.717) is 17.4 Å². The van der Waals surface area contributed by atoms with E-state index in [1.54, 1.807) is 43.6 Å². The molecule has 5 nitrogen and oxygen atoms in total. The Labute approximate surface area is 124 Å². The molecule has 1 aromatic carbocycles. The van der Waals surface area contributed by atoms with Gasteiger partial charge in [-0.3, -0.25) is 4.79 Å². The number of benzene rings is 1. The van der Waals surface area contributed by atoms with Gasteiger partial charge in [0.15, 0.2) is 0 Å². The molecule has 0 saturated heterocycles. The second-order valence-electron chi connectivity index (χ2n) is 4.91. The topological polar surface area (TPSA) is 63.2 Å². The summed E-state index contributed by atoms with van der Waals surface area (Å²) >= 11 is 0. The van der Waals surface area contributed by atoms with Crippen molar-refractivity contribution in [1.29, 1.82) is 0 Å². The Kier molecular flexibility index (Phi) is 4.77. The number of amides is 1. The lowest BCUT2D eigenvalue weighted by molar-refractivity contribution is 0.102. The SMILES string of the molecule is COc1ccc(NC(=O)c2ccc(NC(C)C)cn2)cc1. The number of nitrogens with zero attached hydrogens (tertiary/aromatic N) is 1. The third-order valence-corrected chi connectivity index (χ3v) is 2.80. The maximum Gasteiger partial charge on any atom is 0.274 e. The molecule has 2 rings (SSSR count). The first kappa shape index (κ1) is 14.8. The van der Waals surface area contributed by atoms with Gasteiger partial charge in [0, 0.05) is 11.7 Å². The zero-order chi connectivity index (χ0) is 15.2. The van der Waals surface area contributed by atoms with Gasteiger partial charge in [0.25, 0.3) is 5.91 Å². The van der Waals surface area contributed by atoms with E-state index in [4.69, 9.17) is 4.74 Å². The van der Waals surface area contributed by atoms with Crippen molar-refractivity contribution < 1.29 is 9.53 Å². The summed E-state index contributed by atoms with van der Waals surface area (Å²) in [7, 11) is 1.60. The van der Waals surface area contributed by atoms with Gasteiger partial charge in [-0.1, -0.05) is 0 Å². The quantitative estimate of drug-likeness (QED) is 0.885. The first-order valence-electron chi connectivity index (χ1n) is 6.76. The van der Waals surface area contributed by atoms with Crippen LogP contribution in [-0.2, 0) is 0 Å². The Balaban J connectivity index is 2.02. The monoisotopic (exact) mass is 285 g/mol. The van der Waals surface area contributed by atoms with Crippen molar-refractivity contribution in [3.8, 4) is 5.75 Å². The highest BCUT2D eigenvalue weighted by Crippen LogP contribution is 2.16. The van der Waals surface area contributed by atoms with E-state index in [-0.39, 0.29) is 5.91 Å². The Morgan fingerprint density at radius 3 is 2.29 bits per heavy atom. The molecule has 0 saturated carbocycles. The zero-order valence-corrected chi connectivity index (χ0v) is 12.4. The minimum absolute atomic E-state index is 0.240. The predicted octanol–water partition coefficient (Wildman–Crippen LogP) is 3.16. The molecule has 0 bridgehead atoms. The summed E-state index contributed by atoms with van der Waals surface area (Å²) in [6.07, 6.45) is 1.66. The Morgan fingerprint density at radius 1 is 1.10 bits per heavy atom. The van der Waals surface area contributed by atoms with Gasteiger partial charge in [-0.25, -0.2) is 4.98 Å². The third-order valence-electron chi connectivity index (χ3n) is 2.80. The second-order valence-corrected chi connectivity index (χ2v) is 4.91. The number of carbonyl (C=O) groups is 1. The van der Waals surface area contributed by atoms with Crippen molar-refractivity contribution in [1.82, 2.24) is 4.98 Å². The second kappa shape index (κ2) is 6.74. The number of aromatic nitrogens is 1. The number of nitrogens with one attached hydrogen (secondary N) is 2. The largest absolute Gasteiger partial charge is 0.497 e. The lowest BCUT2D eigenvalue weighted by Crippen LogP contribution is -2.14. The molecule has 110 valence electrons. The first-order chi connectivity index (χ1) is 10.1. The van der Waals surface area contributed by atoms with Gasteiger partial charge in [-0.2, -0.15) is 0 Å². The van der Waals surface area contributed by atoms with Gasteiger partial charge in [0.05, 0.1) is 19.0 Å². The highest BCUT2D eigenvalue weighted by molar-refractivity contribution is 6.02. The maximum absolute atomic E-state index is 12.1. The lowest BCUT2D eigenvalue weighted by atomic mass is 10.2. The first-order valence-corrected chi connectivity index (χ1v) is 6.76. The van der Waals surface area contributed by atoms with Crippen molar-refractivity contribution in [3.05, 3.63) is 48.3 Å². The lowest BCUT2D eigenvalue weighted by Gasteiger charge is -2.10. The molecule has 21 heavy (non-hydrogen) atoms. The summed E-state index contributed by atoms with van der Waals surface area (Å²) < 4.78 is 5.07. The Bertz CT molecular complexity index is 592. The van der Waals surface area contributed by atoms with Crippen LogP contribution in [-0.4, -0.2) is 24.0 Å². The Morgan fingerprint density at radius 2 is 1.76 bits per heavy atom. The average molecular weight is 285 g/mol. The van der Waals surface area contributed by atoms with Gasteiger partial charge in [-0.15, -0.1) is 0 Å². The van der Waals surface area contributed by atoms with E-state index in [2.05, 4.69) is 15.6 Å². The fourth-order valence-corrected chi connectivity index (χ4v) is 1.82. The molecule has 0 aliphatic rings. The van der Waals surface area contributed by atoms with Gasteiger partial charge in [0.1, 0.15) is 11.4 Å². The number of rotatable bonds is 5. The molecule has 2 N–H and O–H groups in total. The highest BCUT2D eigenvalue weighted by Gasteiger charge is 2.08. The van der Waals surface area contributed by atoms with Crippen LogP contribution in [0.1, 0.15) is 24.3 Å². The number of pyridine rings is 1. The fraction of sp³-hybridized carbons (Fsp3) is 0.250. The van der Waals surface area contributed by atoms with Crippen LogP contribution in [0.2, 0.25) is 0 Å². The number of anilines is 2. The van der Waals surface area contributed by atoms with E-state index in [1.807, 2.05) is 19.9 Å². The summed E-state index contributed by atoms with van der Waals surface area (Å²) in [6, 6.07) is 11.0. The van der Waals surface area contributed by atoms with Gasteiger partial charge in [0.2, 0.25) is 0 Å². The highest BCUT2D eigenvalue weighted by atomic mass is 16.5. The zero-order valence-electron chi connectivity index (χ0n) is 12.4. The van der Waals surface area contributed by atoms with Crippen LogP contribution in [0.25, 0.3) is 0 Å². The van der Waals surface area contributed by atoms with Crippen LogP contribution in [0.15, 0.2) is 42.6 Å². The molecule has 1 amide bonds. The van der Waals surface area contributed by atoms with Crippen LogP contribution in [0.3, 0.4) is 0 Å². The van der Waals surface area contributed by atoms with Crippen LogP contribution < -0.4 is 15.4 Å². The van der Waals surface area contributed by atoms with E-state index >= 15 is 0 Å². The summed E-state index contributed by atoms with van der Waals surface area (Å²) in [5.41, 5.74) is 1.97. The minimum atomic E-state index is -0.240. The number of hydrogen-bond acceptors (Lipinski definition) is 4. The molecule has 5 heteroatoms. The molecular formula is C16H19N3O2. The molecule has 1 heterocycles. The van der Waals surface area contributed by atoms with Crippen molar-refractivity contribution >= 4 is 17.3 Å². The average Bonchev–Trinajstić information content (AvgIpc) is 2.48. The molecule has 0 radical (unpaired) electrons. The maximum atomic E-state index is 12.1. The van der Waals surface area contributed by atoms with Crippen molar-refractivity contribution in [2.75, 3.05) is 17.7 Å². The van der Waals surface area contributed by atoms with Crippen LogP contribution in [0, 0.1) is 0 Å². The molecule has 0 unspecified atom stereocenters. The van der Waals surface area contributed by atoms with E-state index in [9.17, 15) is 4.79 Å². The molecule has 0 atom stereocenters. The van der Waals surface area contributed by atoms with Gasteiger partial charge in [-0.05, 0) is 50.2 Å². The fourth-order valence-electron chi connectivity index (χ4n) is 1.82. The number of ether oxygens (including phenoxy) is 1. The van der Waals surface area contributed by atoms with Gasteiger partial charge >= 0.3 is 0 Å². The standard InChI is InChI=1S/C16H19N3O2/c1-11(2)18-13-6-9-15(17-10-13)16(20)19-12-4-7-14(21-3)8-5-12/h4-11,18H,1-3H3,(H,19,20). The van der Waals surface area contributed by atoms with Crippen LogP contribution in [0.4, 0.5) is 11.4 Å². The Hall–Kier alpha value is -2.56. The molecule has 0 fully saturated rings. The molecule has 1 aromatic heterocycles. The van der Waals surface area contributed by atoms with E-state index in [0.717, 1.165) is 11.4 Å². The summed E-state index contributed by atoms with van der Waals surface area (Å²) in [5.74, 6) is 0.506. The normalized spacial score (nSPS) is 10.3.